The standard InChI is InChI=1S/C12H16N4O/c1-4-16-11(5-6-13-16)12(17)10-7-8(2)14-15-9(10)3/h5-7,12,17H,4H2,1-3H3. The van der Waals surface area contributed by atoms with Crippen LogP contribution < -0.4 is 0 Å². The van der Waals surface area contributed by atoms with Gasteiger partial charge in [-0.25, -0.2) is 0 Å². The van der Waals surface area contributed by atoms with Gasteiger partial charge in [-0.2, -0.15) is 15.3 Å². The summed E-state index contributed by atoms with van der Waals surface area (Å²) in [5, 5.41) is 22.5. The molecule has 0 aliphatic rings. The molecule has 1 N–H and O–H groups in total. The third kappa shape index (κ3) is 2.19. The minimum atomic E-state index is -0.702. The van der Waals surface area contributed by atoms with E-state index < -0.39 is 6.10 Å². The molecule has 0 bridgehead atoms. The van der Waals surface area contributed by atoms with Gasteiger partial charge in [0.15, 0.2) is 0 Å². The van der Waals surface area contributed by atoms with Crippen molar-refractivity contribution in [2.24, 2.45) is 0 Å². The maximum absolute atomic E-state index is 10.4. The maximum Gasteiger partial charge on any atom is 0.123 e. The van der Waals surface area contributed by atoms with Crippen molar-refractivity contribution in [2.75, 3.05) is 0 Å². The van der Waals surface area contributed by atoms with E-state index >= 15 is 0 Å². The minimum Gasteiger partial charge on any atom is -0.382 e. The van der Waals surface area contributed by atoms with Crippen LogP contribution in [0.25, 0.3) is 0 Å². The molecular weight excluding hydrogens is 216 g/mol. The Labute approximate surface area is 100 Å². The van der Waals surface area contributed by atoms with Crippen LogP contribution in [0.2, 0.25) is 0 Å². The Morgan fingerprint density at radius 3 is 2.82 bits per heavy atom. The molecule has 0 aromatic carbocycles. The second-order valence-electron chi connectivity index (χ2n) is 4.00. The molecule has 0 aliphatic heterocycles. The topological polar surface area (TPSA) is 63.8 Å². The van der Waals surface area contributed by atoms with Crippen molar-refractivity contribution in [1.29, 1.82) is 0 Å². The molecule has 0 fully saturated rings. The number of hydrogen-bond donors (Lipinski definition) is 1. The number of nitrogens with zero attached hydrogens (tertiary/aromatic N) is 4. The number of hydrogen-bond acceptors (Lipinski definition) is 4. The van der Waals surface area contributed by atoms with Gasteiger partial charge in [0, 0.05) is 18.3 Å². The van der Waals surface area contributed by atoms with E-state index in [0.29, 0.717) is 0 Å². The lowest BCUT2D eigenvalue weighted by molar-refractivity contribution is 0.206. The molecule has 1 atom stereocenters. The smallest absolute Gasteiger partial charge is 0.123 e. The molecule has 5 heteroatoms. The maximum atomic E-state index is 10.4. The van der Waals surface area contributed by atoms with Gasteiger partial charge in [0.2, 0.25) is 0 Å². The van der Waals surface area contributed by atoms with Crippen LogP contribution in [0.1, 0.15) is 35.7 Å². The zero-order valence-corrected chi connectivity index (χ0v) is 10.3. The largest absolute Gasteiger partial charge is 0.382 e. The summed E-state index contributed by atoms with van der Waals surface area (Å²) in [5.74, 6) is 0. The molecule has 17 heavy (non-hydrogen) atoms. The summed E-state index contributed by atoms with van der Waals surface area (Å²) in [4.78, 5) is 0. The van der Waals surface area contributed by atoms with E-state index in [9.17, 15) is 5.11 Å². The second-order valence-corrected chi connectivity index (χ2v) is 4.00. The van der Waals surface area contributed by atoms with Crippen molar-refractivity contribution < 1.29 is 5.11 Å². The highest BCUT2D eigenvalue weighted by Crippen LogP contribution is 2.23. The number of aryl methyl sites for hydroxylation is 3. The first kappa shape index (κ1) is 11.7. The summed E-state index contributed by atoms with van der Waals surface area (Å²) in [5.41, 5.74) is 3.11. The van der Waals surface area contributed by atoms with Crippen LogP contribution in [0.4, 0.5) is 0 Å². The van der Waals surface area contributed by atoms with Crippen molar-refractivity contribution in [3.63, 3.8) is 0 Å². The Morgan fingerprint density at radius 2 is 2.12 bits per heavy atom. The Bertz CT molecular complexity index is 521. The fourth-order valence-corrected chi connectivity index (χ4v) is 1.85. The van der Waals surface area contributed by atoms with Crippen LogP contribution in [0, 0.1) is 13.8 Å². The van der Waals surface area contributed by atoms with E-state index in [4.69, 9.17) is 0 Å². The van der Waals surface area contributed by atoms with Gasteiger partial charge in [-0.15, -0.1) is 0 Å². The Kier molecular flexibility index (Phi) is 3.19. The van der Waals surface area contributed by atoms with Crippen LogP contribution in [-0.4, -0.2) is 25.1 Å². The fraction of sp³-hybridized carbons (Fsp3) is 0.417. The van der Waals surface area contributed by atoms with Gasteiger partial charge < -0.3 is 5.11 Å². The lowest BCUT2D eigenvalue weighted by Gasteiger charge is -2.14. The van der Waals surface area contributed by atoms with E-state index in [1.807, 2.05) is 32.9 Å². The van der Waals surface area contributed by atoms with E-state index in [1.54, 1.807) is 10.9 Å². The van der Waals surface area contributed by atoms with Gasteiger partial charge in [-0.3, -0.25) is 4.68 Å². The lowest BCUT2D eigenvalue weighted by atomic mass is 10.1. The zero-order valence-electron chi connectivity index (χ0n) is 10.3. The normalized spacial score (nSPS) is 12.7. The summed E-state index contributed by atoms with van der Waals surface area (Å²) in [6.45, 7) is 6.43. The van der Waals surface area contributed by atoms with Crippen LogP contribution in [0.3, 0.4) is 0 Å². The predicted molar refractivity (Wildman–Crippen MR) is 63.5 cm³/mol. The lowest BCUT2D eigenvalue weighted by Crippen LogP contribution is -2.11. The molecule has 0 amide bonds. The minimum absolute atomic E-state index is 0.702. The van der Waals surface area contributed by atoms with Gasteiger partial charge in [-0.1, -0.05) is 0 Å². The van der Waals surface area contributed by atoms with E-state index in [-0.39, 0.29) is 0 Å². The highest BCUT2D eigenvalue weighted by atomic mass is 16.3. The highest BCUT2D eigenvalue weighted by Gasteiger charge is 2.18. The number of aliphatic hydroxyl groups is 1. The third-order valence-electron chi connectivity index (χ3n) is 2.76. The van der Waals surface area contributed by atoms with Gasteiger partial charge in [0.25, 0.3) is 0 Å². The molecule has 2 aromatic rings. The van der Waals surface area contributed by atoms with Crippen molar-refractivity contribution >= 4 is 0 Å². The quantitative estimate of drug-likeness (QED) is 0.868. The summed E-state index contributed by atoms with van der Waals surface area (Å²) in [6.07, 6.45) is 0.991. The third-order valence-corrected chi connectivity index (χ3v) is 2.76. The zero-order chi connectivity index (χ0) is 12.4. The molecule has 0 radical (unpaired) electrons. The predicted octanol–water partition coefficient (Wildman–Crippen LogP) is 1.39. The molecule has 0 saturated heterocycles. The summed E-state index contributed by atoms with van der Waals surface area (Å²) >= 11 is 0. The SMILES string of the molecule is CCn1nccc1C(O)c1cc(C)nnc1C. The number of rotatable bonds is 3. The average Bonchev–Trinajstić information content (AvgIpc) is 2.79. The number of aliphatic hydroxyl groups excluding tert-OH is 1. The molecule has 5 nitrogen and oxygen atoms in total. The monoisotopic (exact) mass is 232 g/mol. The Hall–Kier alpha value is -1.75. The van der Waals surface area contributed by atoms with Gasteiger partial charge >= 0.3 is 0 Å². The van der Waals surface area contributed by atoms with Crippen LogP contribution in [0.15, 0.2) is 18.3 Å². The van der Waals surface area contributed by atoms with Crippen LogP contribution in [-0.2, 0) is 6.54 Å². The van der Waals surface area contributed by atoms with Gasteiger partial charge in [-0.05, 0) is 32.9 Å². The molecule has 1 unspecified atom stereocenters. The first-order chi connectivity index (χ1) is 8.13. The first-order valence-corrected chi connectivity index (χ1v) is 5.64. The van der Waals surface area contributed by atoms with Crippen LogP contribution >= 0.6 is 0 Å². The van der Waals surface area contributed by atoms with Crippen molar-refractivity contribution in [3.8, 4) is 0 Å². The Balaban J connectivity index is 2.43. The molecule has 2 heterocycles. The van der Waals surface area contributed by atoms with Crippen molar-refractivity contribution in [1.82, 2.24) is 20.0 Å². The molecule has 2 aromatic heterocycles. The van der Waals surface area contributed by atoms with Crippen LogP contribution in [0.5, 0.6) is 0 Å². The molecule has 2 rings (SSSR count). The summed E-state index contributed by atoms with van der Waals surface area (Å²) < 4.78 is 1.78. The molecule has 0 saturated carbocycles. The Morgan fingerprint density at radius 1 is 1.35 bits per heavy atom. The molecule has 90 valence electrons. The van der Waals surface area contributed by atoms with E-state index in [0.717, 1.165) is 29.2 Å². The van der Waals surface area contributed by atoms with Crippen molar-refractivity contribution in [2.45, 2.75) is 33.4 Å². The second kappa shape index (κ2) is 4.63. The molecule has 0 aliphatic carbocycles. The van der Waals surface area contributed by atoms with E-state index in [2.05, 4.69) is 15.3 Å². The first-order valence-electron chi connectivity index (χ1n) is 5.64. The van der Waals surface area contributed by atoms with E-state index in [1.165, 1.54) is 0 Å². The molecule has 0 spiro atoms. The van der Waals surface area contributed by atoms with Gasteiger partial charge in [0.05, 0.1) is 17.1 Å². The summed E-state index contributed by atoms with van der Waals surface area (Å²) in [7, 11) is 0. The molecular formula is C12H16N4O. The van der Waals surface area contributed by atoms with Gasteiger partial charge in [0.1, 0.15) is 6.10 Å². The average molecular weight is 232 g/mol. The van der Waals surface area contributed by atoms with Crippen molar-refractivity contribution in [3.05, 3.63) is 41.0 Å². The highest BCUT2D eigenvalue weighted by molar-refractivity contribution is 5.28. The number of aromatic nitrogens is 4. The summed E-state index contributed by atoms with van der Waals surface area (Å²) in [6, 6.07) is 3.68. The fourth-order valence-electron chi connectivity index (χ4n) is 1.85.